The third-order valence-corrected chi connectivity index (χ3v) is 4.93. The van der Waals surface area contributed by atoms with Crippen LogP contribution in [0.5, 0.6) is 0 Å². The van der Waals surface area contributed by atoms with E-state index >= 15 is 0 Å². The summed E-state index contributed by atoms with van der Waals surface area (Å²) in [5.74, 6) is 0.0574. The zero-order valence-corrected chi connectivity index (χ0v) is 18.1. The van der Waals surface area contributed by atoms with Gasteiger partial charge in [-0.3, -0.25) is 0 Å². The maximum atomic E-state index is 13.0. The van der Waals surface area contributed by atoms with E-state index in [9.17, 15) is 9.59 Å². The summed E-state index contributed by atoms with van der Waals surface area (Å²) in [6, 6.07) is 0. The van der Waals surface area contributed by atoms with Gasteiger partial charge in [0, 0.05) is 5.57 Å². The van der Waals surface area contributed by atoms with E-state index in [0.29, 0.717) is 30.8 Å². The molecule has 1 aliphatic rings. The van der Waals surface area contributed by atoms with E-state index in [4.69, 9.17) is 9.47 Å². The molecule has 1 aliphatic carbocycles. The number of hydrogen-bond acceptors (Lipinski definition) is 4. The van der Waals surface area contributed by atoms with Gasteiger partial charge >= 0.3 is 11.9 Å². The minimum atomic E-state index is -0.318. The lowest BCUT2D eigenvalue weighted by atomic mass is 9.80. The van der Waals surface area contributed by atoms with Gasteiger partial charge in [0.15, 0.2) is 0 Å². The molecule has 0 spiro atoms. The Morgan fingerprint density at radius 3 is 1.93 bits per heavy atom. The van der Waals surface area contributed by atoms with Crippen molar-refractivity contribution in [1.29, 1.82) is 0 Å². The second-order valence-electron chi connectivity index (χ2n) is 8.67. The van der Waals surface area contributed by atoms with Crippen molar-refractivity contribution in [3.63, 3.8) is 0 Å². The van der Waals surface area contributed by atoms with Gasteiger partial charge in [-0.25, -0.2) is 9.59 Å². The summed E-state index contributed by atoms with van der Waals surface area (Å²) in [5, 5.41) is 0. The van der Waals surface area contributed by atoms with Crippen molar-refractivity contribution >= 4 is 11.9 Å². The van der Waals surface area contributed by atoms with Gasteiger partial charge < -0.3 is 9.47 Å². The predicted octanol–water partition coefficient (Wildman–Crippen LogP) is 5.84. The Balaban J connectivity index is 3.15. The van der Waals surface area contributed by atoms with Crippen LogP contribution in [0.3, 0.4) is 0 Å². The van der Waals surface area contributed by atoms with Gasteiger partial charge in [0.05, 0.1) is 18.8 Å². The highest BCUT2D eigenvalue weighted by Crippen LogP contribution is 2.34. The van der Waals surface area contributed by atoms with Crippen LogP contribution < -0.4 is 0 Å². The fourth-order valence-electron chi connectivity index (χ4n) is 3.48. The molecule has 0 atom stereocenters. The monoisotopic (exact) mass is 380 g/mol. The minimum Gasteiger partial charge on any atom is -0.462 e. The Kier molecular flexibility index (Phi) is 11.4. The number of carbonyl (C=O) groups excluding carboxylic acids is 2. The Morgan fingerprint density at radius 2 is 1.41 bits per heavy atom. The molecule has 0 aromatic rings. The first-order valence-electron chi connectivity index (χ1n) is 10.9. The first kappa shape index (κ1) is 23.7. The van der Waals surface area contributed by atoms with Crippen LogP contribution >= 0.6 is 0 Å². The topological polar surface area (TPSA) is 52.6 Å². The van der Waals surface area contributed by atoms with Crippen LogP contribution in [0.15, 0.2) is 11.1 Å². The van der Waals surface area contributed by atoms with Crippen LogP contribution in [0.2, 0.25) is 0 Å². The van der Waals surface area contributed by atoms with E-state index in [1.807, 2.05) is 27.7 Å². The molecule has 0 aromatic heterocycles. The van der Waals surface area contributed by atoms with Crippen LogP contribution in [0.4, 0.5) is 0 Å². The Morgan fingerprint density at radius 1 is 0.852 bits per heavy atom. The summed E-state index contributed by atoms with van der Waals surface area (Å²) in [6.45, 7) is 11.0. The first-order valence-corrected chi connectivity index (χ1v) is 10.9. The number of rotatable bonds is 11. The van der Waals surface area contributed by atoms with Crippen molar-refractivity contribution in [2.45, 2.75) is 92.4 Å². The molecule has 27 heavy (non-hydrogen) atoms. The summed E-state index contributed by atoms with van der Waals surface area (Å²) in [5.41, 5.74) is 1.19. The summed E-state index contributed by atoms with van der Waals surface area (Å²) >= 11 is 0. The lowest BCUT2D eigenvalue weighted by Crippen LogP contribution is -2.25. The smallest absolute Gasteiger partial charge is 0.334 e. The van der Waals surface area contributed by atoms with Gasteiger partial charge in [0.1, 0.15) is 0 Å². The number of hydrogen-bond donors (Lipinski definition) is 0. The van der Waals surface area contributed by atoms with Gasteiger partial charge in [0.2, 0.25) is 0 Å². The molecule has 4 heteroatoms. The summed E-state index contributed by atoms with van der Waals surface area (Å²) < 4.78 is 11.1. The van der Waals surface area contributed by atoms with Crippen LogP contribution in [0.25, 0.3) is 0 Å². The van der Waals surface area contributed by atoms with E-state index in [1.165, 1.54) is 6.42 Å². The molecule has 0 aromatic carbocycles. The normalized spacial score (nSPS) is 16.4. The third-order valence-electron chi connectivity index (χ3n) is 4.93. The summed E-state index contributed by atoms with van der Waals surface area (Å²) in [4.78, 5) is 25.9. The molecule has 1 saturated carbocycles. The Hall–Kier alpha value is -1.32. The van der Waals surface area contributed by atoms with Crippen molar-refractivity contribution in [1.82, 2.24) is 0 Å². The molecule has 4 nitrogen and oxygen atoms in total. The van der Waals surface area contributed by atoms with Crippen molar-refractivity contribution in [3.8, 4) is 0 Å². The third kappa shape index (κ3) is 8.94. The van der Waals surface area contributed by atoms with Crippen molar-refractivity contribution in [2.75, 3.05) is 13.2 Å². The van der Waals surface area contributed by atoms with Gasteiger partial charge in [-0.1, -0.05) is 66.7 Å². The van der Waals surface area contributed by atoms with Gasteiger partial charge in [-0.2, -0.15) is 0 Å². The molecule has 0 bridgehead atoms. The molecule has 0 amide bonds. The molecule has 1 rings (SSSR count). The van der Waals surface area contributed by atoms with Crippen LogP contribution in [-0.2, 0) is 19.1 Å². The second-order valence-corrected chi connectivity index (χ2v) is 8.67. The largest absolute Gasteiger partial charge is 0.462 e. The molecule has 1 fully saturated rings. The predicted molar refractivity (Wildman–Crippen MR) is 109 cm³/mol. The van der Waals surface area contributed by atoms with E-state index in [0.717, 1.165) is 44.9 Å². The second kappa shape index (κ2) is 13.0. The van der Waals surface area contributed by atoms with Crippen LogP contribution in [-0.4, -0.2) is 25.2 Å². The molecular weight excluding hydrogens is 340 g/mol. The SMILES string of the molecule is CCCCC/C(C(=O)OCC(C)C)=C(/C(=O)OCC(C)C)C1CCCCC1. The standard InChI is InChI=1S/C23H40O4/c1-6-7-9-14-20(22(24)26-15-17(2)3)21(19-12-10-8-11-13-19)23(25)27-16-18(4)5/h17-19H,6-16H2,1-5H3/b21-20-. The zero-order valence-electron chi connectivity index (χ0n) is 18.1. The molecule has 156 valence electrons. The maximum absolute atomic E-state index is 13.0. The van der Waals surface area contributed by atoms with Gasteiger partial charge in [0.25, 0.3) is 0 Å². The summed E-state index contributed by atoms with van der Waals surface area (Å²) in [7, 11) is 0. The van der Waals surface area contributed by atoms with Gasteiger partial charge in [-0.05, 0) is 43.4 Å². The van der Waals surface area contributed by atoms with E-state index in [2.05, 4.69) is 6.92 Å². The molecule has 0 heterocycles. The number of unbranched alkanes of at least 4 members (excludes halogenated alkanes) is 2. The average molecular weight is 381 g/mol. The fraction of sp³-hybridized carbons (Fsp3) is 0.826. The average Bonchev–Trinajstić information content (AvgIpc) is 2.64. The van der Waals surface area contributed by atoms with E-state index in [-0.39, 0.29) is 29.7 Å². The van der Waals surface area contributed by atoms with E-state index in [1.54, 1.807) is 0 Å². The van der Waals surface area contributed by atoms with Crippen molar-refractivity contribution in [3.05, 3.63) is 11.1 Å². The van der Waals surface area contributed by atoms with Crippen molar-refractivity contribution in [2.24, 2.45) is 17.8 Å². The highest BCUT2D eigenvalue weighted by molar-refractivity contribution is 6.00. The maximum Gasteiger partial charge on any atom is 0.334 e. The van der Waals surface area contributed by atoms with E-state index < -0.39 is 0 Å². The Bertz CT molecular complexity index is 485. The number of ether oxygens (including phenoxy) is 2. The highest BCUT2D eigenvalue weighted by atomic mass is 16.5. The number of carbonyl (C=O) groups is 2. The molecule has 0 saturated heterocycles. The molecule has 0 radical (unpaired) electrons. The number of esters is 2. The first-order chi connectivity index (χ1) is 12.9. The quantitative estimate of drug-likeness (QED) is 0.257. The Labute approximate surface area is 166 Å². The fourth-order valence-corrected chi connectivity index (χ4v) is 3.48. The molecule has 0 aliphatic heterocycles. The van der Waals surface area contributed by atoms with Gasteiger partial charge in [-0.15, -0.1) is 0 Å². The summed E-state index contributed by atoms with van der Waals surface area (Å²) in [6.07, 6.45) is 8.95. The van der Waals surface area contributed by atoms with Crippen LogP contribution in [0, 0.1) is 17.8 Å². The van der Waals surface area contributed by atoms with Crippen LogP contribution in [0.1, 0.15) is 92.4 Å². The molecule has 0 N–H and O–H groups in total. The molecular formula is C23H40O4. The van der Waals surface area contributed by atoms with Crippen molar-refractivity contribution < 1.29 is 19.1 Å². The lowest BCUT2D eigenvalue weighted by molar-refractivity contribution is -0.144. The lowest BCUT2D eigenvalue weighted by Gasteiger charge is -2.26. The molecule has 0 unspecified atom stereocenters. The zero-order chi connectivity index (χ0) is 20.2. The highest BCUT2D eigenvalue weighted by Gasteiger charge is 2.31. The minimum absolute atomic E-state index is 0.127.